The molecule has 90 valence electrons. The van der Waals surface area contributed by atoms with Gasteiger partial charge in [-0.05, 0) is 18.1 Å². The van der Waals surface area contributed by atoms with Gasteiger partial charge in [-0.1, -0.05) is 24.3 Å². The molecule has 0 spiro atoms. The minimum absolute atomic E-state index is 0.418. The predicted molar refractivity (Wildman–Crippen MR) is 68.5 cm³/mol. The quantitative estimate of drug-likeness (QED) is 0.790. The molecule has 0 radical (unpaired) electrons. The zero-order chi connectivity index (χ0) is 11.8. The third kappa shape index (κ3) is 1.69. The van der Waals surface area contributed by atoms with Crippen molar-refractivity contribution in [2.45, 2.75) is 19.5 Å². The van der Waals surface area contributed by atoms with Crippen molar-refractivity contribution in [1.82, 2.24) is 15.3 Å². The standard InChI is InChI=1S/C13H18N4/c1-10-12-6-4-3-5-11(12)9-17(10)16(2)13-14-7-8-15-13/h3-6,10H,7-9H2,1-2H3,(H,14,15). The van der Waals surface area contributed by atoms with Crippen molar-refractivity contribution in [3.63, 3.8) is 0 Å². The van der Waals surface area contributed by atoms with E-state index >= 15 is 0 Å². The van der Waals surface area contributed by atoms with Crippen LogP contribution < -0.4 is 5.32 Å². The fourth-order valence-electron chi connectivity index (χ4n) is 2.65. The maximum Gasteiger partial charge on any atom is 0.208 e. The highest BCUT2D eigenvalue weighted by Crippen LogP contribution is 2.33. The Labute approximate surface area is 102 Å². The van der Waals surface area contributed by atoms with Gasteiger partial charge in [-0.2, -0.15) is 0 Å². The molecule has 0 saturated heterocycles. The van der Waals surface area contributed by atoms with E-state index < -0.39 is 0 Å². The minimum Gasteiger partial charge on any atom is -0.353 e. The first-order valence-corrected chi connectivity index (χ1v) is 6.14. The fraction of sp³-hybridized carbons (Fsp3) is 0.462. The number of hydrazine groups is 1. The van der Waals surface area contributed by atoms with Crippen molar-refractivity contribution >= 4 is 5.96 Å². The largest absolute Gasteiger partial charge is 0.353 e. The van der Waals surface area contributed by atoms with E-state index in [2.05, 4.69) is 58.6 Å². The van der Waals surface area contributed by atoms with E-state index in [-0.39, 0.29) is 0 Å². The van der Waals surface area contributed by atoms with Crippen LogP contribution in [0, 0.1) is 0 Å². The first-order valence-electron chi connectivity index (χ1n) is 6.14. The molecule has 1 unspecified atom stereocenters. The number of nitrogens with zero attached hydrogens (tertiary/aromatic N) is 3. The first kappa shape index (κ1) is 10.6. The number of guanidine groups is 1. The van der Waals surface area contributed by atoms with Crippen molar-refractivity contribution in [3.8, 4) is 0 Å². The van der Waals surface area contributed by atoms with Crippen molar-refractivity contribution in [1.29, 1.82) is 0 Å². The van der Waals surface area contributed by atoms with Crippen LogP contribution in [0.15, 0.2) is 29.3 Å². The molecule has 17 heavy (non-hydrogen) atoms. The van der Waals surface area contributed by atoms with Crippen LogP contribution in [-0.2, 0) is 6.54 Å². The lowest BCUT2D eigenvalue weighted by molar-refractivity contribution is 0.0312. The van der Waals surface area contributed by atoms with E-state index in [4.69, 9.17) is 0 Å². The normalized spacial score (nSPS) is 23.2. The van der Waals surface area contributed by atoms with Crippen molar-refractivity contribution in [3.05, 3.63) is 35.4 Å². The number of rotatable bonds is 1. The van der Waals surface area contributed by atoms with Crippen LogP contribution in [0.5, 0.6) is 0 Å². The van der Waals surface area contributed by atoms with Gasteiger partial charge < -0.3 is 5.32 Å². The van der Waals surface area contributed by atoms with Crippen LogP contribution in [-0.4, -0.2) is 36.1 Å². The van der Waals surface area contributed by atoms with Gasteiger partial charge in [0.15, 0.2) is 0 Å². The maximum absolute atomic E-state index is 4.47. The summed E-state index contributed by atoms with van der Waals surface area (Å²) < 4.78 is 0. The molecule has 4 nitrogen and oxygen atoms in total. The minimum atomic E-state index is 0.418. The average molecular weight is 230 g/mol. The molecule has 0 bridgehead atoms. The SMILES string of the molecule is CC1c2ccccc2CN1N(C)C1=NCCN1. The molecule has 0 aromatic heterocycles. The molecule has 1 atom stereocenters. The lowest BCUT2D eigenvalue weighted by atomic mass is 10.1. The zero-order valence-electron chi connectivity index (χ0n) is 10.3. The summed E-state index contributed by atoms with van der Waals surface area (Å²) in [6.07, 6.45) is 0. The van der Waals surface area contributed by atoms with Crippen LogP contribution >= 0.6 is 0 Å². The summed E-state index contributed by atoms with van der Waals surface area (Å²) in [5.74, 6) is 0.990. The highest BCUT2D eigenvalue weighted by atomic mass is 15.7. The summed E-state index contributed by atoms with van der Waals surface area (Å²) in [6, 6.07) is 9.08. The van der Waals surface area contributed by atoms with E-state index in [1.807, 2.05) is 0 Å². The van der Waals surface area contributed by atoms with Gasteiger partial charge in [-0.15, -0.1) is 0 Å². The van der Waals surface area contributed by atoms with E-state index in [9.17, 15) is 0 Å². The van der Waals surface area contributed by atoms with Crippen LogP contribution in [0.2, 0.25) is 0 Å². The number of hydrogen-bond acceptors (Lipinski definition) is 4. The number of hydrogen-bond donors (Lipinski definition) is 1. The zero-order valence-corrected chi connectivity index (χ0v) is 10.3. The number of nitrogens with one attached hydrogen (secondary N) is 1. The number of aliphatic imine (C=N–C) groups is 1. The molecular formula is C13H18N4. The molecule has 1 N–H and O–H groups in total. The Morgan fingerprint density at radius 1 is 1.41 bits per heavy atom. The molecule has 1 aromatic rings. The van der Waals surface area contributed by atoms with Crippen LogP contribution in [0.25, 0.3) is 0 Å². The fourth-order valence-corrected chi connectivity index (χ4v) is 2.65. The Balaban J connectivity index is 1.83. The molecule has 4 heteroatoms. The topological polar surface area (TPSA) is 30.9 Å². The lowest BCUT2D eigenvalue weighted by Crippen LogP contribution is -2.46. The van der Waals surface area contributed by atoms with E-state index in [1.54, 1.807) is 0 Å². The Hall–Kier alpha value is -1.55. The summed E-state index contributed by atoms with van der Waals surface area (Å²) >= 11 is 0. The highest BCUT2D eigenvalue weighted by Gasteiger charge is 2.30. The van der Waals surface area contributed by atoms with Gasteiger partial charge in [0.2, 0.25) is 5.96 Å². The smallest absolute Gasteiger partial charge is 0.208 e. The van der Waals surface area contributed by atoms with E-state index in [1.165, 1.54) is 11.1 Å². The van der Waals surface area contributed by atoms with Crippen molar-refractivity contribution in [2.24, 2.45) is 4.99 Å². The second-order valence-electron chi connectivity index (χ2n) is 4.63. The second kappa shape index (κ2) is 4.04. The number of benzene rings is 1. The summed E-state index contributed by atoms with van der Waals surface area (Å²) in [4.78, 5) is 4.47. The molecular weight excluding hydrogens is 212 g/mol. The van der Waals surface area contributed by atoms with Gasteiger partial charge in [0, 0.05) is 20.1 Å². The monoisotopic (exact) mass is 230 g/mol. The van der Waals surface area contributed by atoms with Gasteiger partial charge in [-0.25, -0.2) is 5.01 Å². The van der Waals surface area contributed by atoms with Crippen LogP contribution in [0.3, 0.4) is 0 Å². The highest BCUT2D eigenvalue weighted by molar-refractivity contribution is 5.80. The van der Waals surface area contributed by atoms with Gasteiger partial charge in [0.25, 0.3) is 0 Å². The second-order valence-corrected chi connectivity index (χ2v) is 4.63. The first-order chi connectivity index (χ1) is 8.27. The van der Waals surface area contributed by atoms with Crippen molar-refractivity contribution in [2.75, 3.05) is 20.1 Å². The van der Waals surface area contributed by atoms with Crippen LogP contribution in [0.4, 0.5) is 0 Å². The molecule has 0 aliphatic carbocycles. The van der Waals surface area contributed by atoms with Gasteiger partial charge in [0.1, 0.15) is 0 Å². The summed E-state index contributed by atoms with van der Waals surface area (Å²) in [5.41, 5.74) is 2.85. The Bertz CT molecular complexity index is 454. The molecule has 0 amide bonds. The summed E-state index contributed by atoms with van der Waals surface area (Å²) in [6.45, 7) is 5.05. The van der Waals surface area contributed by atoms with Gasteiger partial charge >= 0.3 is 0 Å². The van der Waals surface area contributed by atoms with Crippen molar-refractivity contribution < 1.29 is 0 Å². The lowest BCUT2D eigenvalue weighted by Gasteiger charge is -2.33. The molecule has 2 heterocycles. The van der Waals surface area contributed by atoms with E-state index in [0.717, 1.165) is 25.6 Å². The molecule has 3 rings (SSSR count). The molecule has 0 saturated carbocycles. The third-order valence-corrected chi connectivity index (χ3v) is 3.63. The molecule has 0 fully saturated rings. The average Bonchev–Trinajstić information content (AvgIpc) is 2.97. The van der Waals surface area contributed by atoms with Gasteiger partial charge in [0.05, 0.1) is 12.6 Å². The summed E-state index contributed by atoms with van der Waals surface area (Å²) in [7, 11) is 2.08. The molecule has 2 aliphatic heterocycles. The summed E-state index contributed by atoms with van der Waals surface area (Å²) in [5, 5.41) is 7.81. The van der Waals surface area contributed by atoms with Gasteiger partial charge in [-0.3, -0.25) is 10.0 Å². The number of fused-ring (bicyclic) bond motifs is 1. The molecule has 2 aliphatic rings. The molecule has 1 aromatic carbocycles. The third-order valence-electron chi connectivity index (χ3n) is 3.63. The van der Waals surface area contributed by atoms with E-state index in [0.29, 0.717) is 6.04 Å². The Morgan fingerprint density at radius 2 is 2.24 bits per heavy atom. The predicted octanol–water partition coefficient (Wildman–Crippen LogP) is 1.37. The Morgan fingerprint density at radius 3 is 2.94 bits per heavy atom. The Kier molecular flexibility index (Phi) is 2.52. The van der Waals surface area contributed by atoms with Crippen LogP contribution in [0.1, 0.15) is 24.1 Å². The maximum atomic E-state index is 4.47.